The van der Waals surface area contributed by atoms with E-state index < -0.39 is 11.9 Å². The Hall–Kier alpha value is -1.53. The van der Waals surface area contributed by atoms with E-state index in [0.29, 0.717) is 12.5 Å². The molecule has 0 spiro atoms. The Balaban J connectivity index is 2.27. The van der Waals surface area contributed by atoms with Gasteiger partial charge in [-0.1, -0.05) is 6.92 Å². The van der Waals surface area contributed by atoms with Gasteiger partial charge in [0.15, 0.2) is 5.69 Å². The second kappa shape index (κ2) is 5.22. The van der Waals surface area contributed by atoms with Crippen LogP contribution in [0.3, 0.4) is 0 Å². The van der Waals surface area contributed by atoms with Crippen LogP contribution in [0.15, 0.2) is 6.07 Å². The van der Waals surface area contributed by atoms with E-state index in [0.717, 1.165) is 31.9 Å². The van der Waals surface area contributed by atoms with Crippen molar-refractivity contribution in [2.24, 2.45) is 5.92 Å². The molecule has 0 aliphatic heterocycles. The van der Waals surface area contributed by atoms with Gasteiger partial charge in [-0.3, -0.25) is 0 Å². The summed E-state index contributed by atoms with van der Waals surface area (Å²) < 4.78 is 38.1. The zero-order chi connectivity index (χ0) is 14.0. The molecule has 1 saturated carbocycles. The molecule has 106 valence electrons. The van der Waals surface area contributed by atoms with Crippen LogP contribution < -0.4 is 10.6 Å². The summed E-state index contributed by atoms with van der Waals surface area (Å²) >= 11 is 0. The third-order valence-corrected chi connectivity index (χ3v) is 3.01. The maximum absolute atomic E-state index is 12.7. The molecular formula is C12H17F3N4. The molecule has 1 aliphatic carbocycles. The summed E-state index contributed by atoms with van der Waals surface area (Å²) in [5.74, 6) is 0.507. The third kappa shape index (κ3) is 3.71. The van der Waals surface area contributed by atoms with Gasteiger partial charge in [-0.05, 0) is 25.2 Å². The van der Waals surface area contributed by atoms with Gasteiger partial charge < -0.3 is 10.6 Å². The second-order valence-electron chi connectivity index (χ2n) is 4.86. The second-order valence-corrected chi connectivity index (χ2v) is 4.86. The van der Waals surface area contributed by atoms with Gasteiger partial charge >= 0.3 is 6.18 Å². The normalized spacial score (nSPS) is 15.6. The number of nitrogen functional groups attached to an aromatic ring is 1. The fourth-order valence-corrected chi connectivity index (χ4v) is 1.94. The van der Waals surface area contributed by atoms with Gasteiger partial charge in [-0.25, -0.2) is 4.98 Å². The molecule has 1 aromatic heterocycles. The molecule has 19 heavy (non-hydrogen) atoms. The fourth-order valence-electron chi connectivity index (χ4n) is 1.94. The first-order chi connectivity index (χ1) is 8.90. The van der Waals surface area contributed by atoms with Crippen molar-refractivity contribution >= 4 is 11.8 Å². The van der Waals surface area contributed by atoms with Crippen molar-refractivity contribution in [2.75, 3.05) is 23.7 Å². The Morgan fingerprint density at radius 2 is 2.05 bits per heavy atom. The minimum atomic E-state index is -4.50. The number of nitrogens with zero attached hydrogens (tertiary/aromatic N) is 3. The number of rotatable bonds is 5. The molecule has 2 N–H and O–H groups in total. The molecule has 1 heterocycles. The molecule has 0 amide bonds. The zero-order valence-corrected chi connectivity index (χ0v) is 10.7. The first kappa shape index (κ1) is 13.9. The highest BCUT2D eigenvalue weighted by Crippen LogP contribution is 2.33. The maximum Gasteiger partial charge on any atom is 0.433 e. The van der Waals surface area contributed by atoms with Crippen LogP contribution in [0.4, 0.5) is 24.9 Å². The van der Waals surface area contributed by atoms with Crippen molar-refractivity contribution in [3.8, 4) is 0 Å². The molecule has 0 aromatic carbocycles. The number of halogens is 3. The minimum Gasteiger partial charge on any atom is -0.368 e. The summed E-state index contributed by atoms with van der Waals surface area (Å²) in [5.41, 5.74) is 4.41. The zero-order valence-electron chi connectivity index (χ0n) is 10.7. The molecule has 0 atom stereocenters. The summed E-state index contributed by atoms with van der Waals surface area (Å²) in [5, 5.41) is 0. The van der Waals surface area contributed by atoms with E-state index in [9.17, 15) is 13.2 Å². The van der Waals surface area contributed by atoms with Crippen molar-refractivity contribution in [3.63, 3.8) is 0 Å². The third-order valence-electron chi connectivity index (χ3n) is 3.01. The molecule has 2 rings (SSSR count). The van der Waals surface area contributed by atoms with Crippen LogP contribution in [0.25, 0.3) is 0 Å². The van der Waals surface area contributed by atoms with E-state index in [2.05, 4.69) is 9.97 Å². The Kier molecular flexibility index (Phi) is 3.82. The number of hydrogen-bond donors (Lipinski definition) is 1. The number of anilines is 2. The topological polar surface area (TPSA) is 55.0 Å². The smallest absolute Gasteiger partial charge is 0.368 e. The number of hydrogen-bond acceptors (Lipinski definition) is 4. The Bertz CT molecular complexity index is 443. The van der Waals surface area contributed by atoms with Gasteiger partial charge in [0.25, 0.3) is 0 Å². The molecule has 1 aromatic rings. The lowest BCUT2D eigenvalue weighted by Crippen LogP contribution is -2.28. The van der Waals surface area contributed by atoms with E-state index in [1.54, 1.807) is 0 Å². The van der Waals surface area contributed by atoms with Crippen LogP contribution in [0.1, 0.15) is 31.9 Å². The number of alkyl halides is 3. The number of aromatic nitrogens is 2. The summed E-state index contributed by atoms with van der Waals surface area (Å²) in [7, 11) is 0. The standard InChI is InChI=1S/C12H17F3N4/c1-2-5-19(7-8-3-4-8)10-6-9(12(13,14)15)17-11(16)18-10/h6,8H,2-5,7H2,1H3,(H2,16,17,18). The van der Waals surface area contributed by atoms with Crippen molar-refractivity contribution in [2.45, 2.75) is 32.4 Å². The van der Waals surface area contributed by atoms with E-state index in [4.69, 9.17) is 5.73 Å². The highest BCUT2D eigenvalue weighted by atomic mass is 19.4. The molecule has 0 unspecified atom stereocenters. The summed E-state index contributed by atoms with van der Waals surface area (Å²) in [6, 6.07) is 0.981. The van der Waals surface area contributed by atoms with Crippen LogP contribution in [0, 0.1) is 5.92 Å². The van der Waals surface area contributed by atoms with Crippen LogP contribution >= 0.6 is 0 Å². The van der Waals surface area contributed by atoms with Gasteiger partial charge in [0, 0.05) is 19.2 Å². The summed E-state index contributed by atoms with van der Waals surface area (Å²) in [6.45, 7) is 3.39. The lowest BCUT2D eigenvalue weighted by molar-refractivity contribution is -0.141. The van der Waals surface area contributed by atoms with Crippen LogP contribution in [0.2, 0.25) is 0 Å². The van der Waals surface area contributed by atoms with E-state index in [1.807, 2.05) is 11.8 Å². The van der Waals surface area contributed by atoms with Crippen LogP contribution in [0.5, 0.6) is 0 Å². The maximum atomic E-state index is 12.7. The summed E-state index contributed by atoms with van der Waals surface area (Å²) in [4.78, 5) is 9.06. The van der Waals surface area contributed by atoms with Crippen molar-refractivity contribution in [1.82, 2.24) is 9.97 Å². The Morgan fingerprint density at radius 1 is 1.37 bits per heavy atom. The molecule has 1 fully saturated rings. The van der Waals surface area contributed by atoms with E-state index >= 15 is 0 Å². The lowest BCUT2D eigenvalue weighted by Gasteiger charge is -2.23. The lowest BCUT2D eigenvalue weighted by atomic mass is 10.3. The minimum absolute atomic E-state index is 0.272. The predicted molar refractivity (Wildman–Crippen MR) is 66.7 cm³/mol. The quantitative estimate of drug-likeness (QED) is 0.897. The van der Waals surface area contributed by atoms with Crippen LogP contribution in [-0.4, -0.2) is 23.1 Å². The first-order valence-electron chi connectivity index (χ1n) is 6.37. The van der Waals surface area contributed by atoms with E-state index in [-0.39, 0.29) is 11.8 Å². The van der Waals surface area contributed by atoms with Crippen molar-refractivity contribution in [3.05, 3.63) is 11.8 Å². The molecule has 7 heteroatoms. The first-order valence-corrected chi connectivity index (χ1v) is 6.37. The monoisotopic (exact) mass is 274 g/mol. The predicted octanol–water partition coefficient (Wildman–Crippen LogP) is 2.70. The highest BCUT2D eigenvalue weighted by Gasteiger charge is 2.34. The fraction of sp³-hybridized carbons (Fsp3) is 0.667. The van der Waals surface area contributed by atoms with Gasteiger partial charge in [0.1, 0.15) is 5.82 Å². The highest BCUT2D eigenvalue weighted by molar-refractivity contribution is 5.44. The molecule has 4 nitrogen and oxygen atoms in total. The Labute approximate surface area is 109 Å². The Morgan fingerprint density at radius 3 is 2.58 bits per heavy atom. The van der Waals surface area contributed by atoms with Gasteiger partial charge in [0.05, 0.1) is 0 Å². The molecule has 0 saturated heterocycles. The average molecular weight is 274 g/mol. The molecule has 0 bridgehead atoms. The van der Waals surface area contributed by atoms with Crippen LogP contribution in [-0.2, 0) is 6.18 Å². The summed E-state index contributed by atoms with van der Waals surface area (Å²) in [6.07, 6.45) is -1.39. The van der Waals surface area contributed by atoms with E-state index in [1.165, 1.54) is 0 Å². The number of nitrogens with two attached hydrogens (primary N) is 1. The SMILES string of the molecule is CCCN(CC1CC1)c1cc(C(F)(F)F)nc(N)n1. The van der Waals surface area contributed by atoms with Gasteiger partial charge in [-0.2, -0.15) is 18.2 Å². The van der Waals surface area contributed by atoms with Gasteiger partial charge in [0.2, 0.25) is 5.95 Å². The molecular weight excluding hydrogens is 257 g/mol. The van der Waals surface area contributed by atoms with Crippen molar-refractivity contribution < 1.29 is 13.2 Å². The molecule has 1 aliphatic rings. The van der Waals surface area contributed by atoms with Gasteiger partial charge in [-0.15, -0.1) is 0 Å². The van der Waals surface area contributed by atoms with Crippen molar-refractivity contribution in [1.29, 1.82) is 0 Å². The average Bonchev–Trinajstić information content (AvgIpc) is 3.10. The largest absolute Gasteiger partial charge is 0.433 e. The molecule has 0 radical (unpaired) electrons.